The van der Waals surface area contributed by atoms with Crippen molar-refractivity contribution in [2.24, 2.45) is 0 Å². The first-order chi connectivity index (χ1) is 9.77. The molecule has 0 amide bonds. The van der Waals surface area contributed by atoms with Gasteiger partial charge >= 0.3 is 0 Å². The van der Waals surface area contributed by atoms with E-state index in [4.69, 9.17) is 0 Å². The van der Waals surface area contributed by atoms with Crippen LogP contribution in [0.25, 0.3) is 0 Å². The van der Waals surface area contributed by atoms with Crippen LogP contribution in [0.4, 0.5) is 0 Å². The predicted octanol–water partition coefficient (Wildman–Crippen LogP) is 4.33. The molecule has 0 saturated carbocycles. The van der Waals surface area contributed by atoms with Gasteiger partial charge in [-0.1, -0.05) is 62.6 Å². The average molecular weight is 277 g/mol. The van der Waals surface area contributed by atoms with Crippen molar-refractivity contribution < 1.29 is 9.90 Å². The molecular weight excluding hydrogens is 248 g/mol. The molecule has 0 spiro atoms. The molecule has 0 aliphatic rings. The number of unbranched alkanes of at least 4 members (excludes halogenated alkanes) is 5. The zero-order valence-electron chi connectivity index (χ0n) is 12.9. The summed E-state index contributed by atoms with van der Waals surface area (Å²) in [6.07, 6.45) is 23.0. The van der Waals surface area contributed by atoms with Crippen molar-refractivity contribution in [1.82, 2.24) is 0 Å². The van der Waals surface area contributed by atoms with Crippen LogP contribution in [-0.2, 0) is 4.79 Å². The van der Waals surface area contributed by atoms with E-state index < -0.39 is 5.97 Å². The third-order valence-corrected chi connectivity index (χ3v) is 3.03. The molecule has 0 N–H and O–H groups in total. The van der Waals surface area contributed by atoms with Gasteiger partial charge in [-0.3, -0.25) is 0 Å². The van der Waals surface area contributed by atoms with Gasteiger partial charge in [0, 0.05) is 5.97 Å². The van der Waals surface area contributed by atoms with E-state index in [2.05, 4.69) is 43.4 Å². The minimum atomic E-state index is -0.925. The molecule has 20 heavy (non-hydrogen) atoms. The Hall–Kier alpha value is -1.31. The van der Waals surface area contributed by atoms with Gasteiger partial charge < -0.3 is 9.90 Å². The molecule has 0 heterocycles. The predicted molar refractivity (Wildman–Crippen MR) is 84.3 cm³/mol. The third kappa shape index (κ3) is 16.7. The van der Waals surface area contributed by atoms with Crippen LogP contribution < -0.4 is 5.11 Å². The number of hydrogen-bond acceptors (Lipinski definition) is 2. The molecular formula is C18H29O2-. The van der Waals surface area contributed by atoms with E-state index in [1.165, 1.54) is 12.8 Å². The molecule has 0 fully saturated rings. The molecule has 0 unspecified atom stereocenters. The molecule has 0 aliphatic heterocycles. The summed E-state index contributed by atoms with van der Waals surface area (Å²) in [5, 5.41) is 10.2. The Morgan fingerprint density at radius 2 is 1.35 bits per heavy atom. The fraction of sp³-hybridized carbons (Fsp3) is 0.611. The standard InChI is InChI=1S/C18H30O2/c1-2-3-4-5-6-7-8-9-10-11-12-13-14-15-16-17-18(19)20/h3-4,6-7,9-10H,2,5,8,11-17H2,1H3,(H,19,20)/p-1/b4-3+,7-6-,10-9-. The Bertz CT molecular complexity index is 301. The molecule has 114 valence electrons. The second kappa shape index (κ2) is 15.7. The fourth-order valence-corrected chi connectivity index (χ4v) is 1.89. The highest BCUT2D eigenvalue weighted by atomic mass is 16.4. The monoisotopic (exact) mass is 277 g/mol. The van der Waals surface area contributed by atoms with Gasteiger partial charge in [-0.15, -0.1) is 0 Å². The van der Waals surface area contributed by atoms with Crippen LogP contribution >= 0.6 is 0 Å². The van der Waals surface area contributed by atoms with Crippen molar-refractivity contribution in [3.05, 3.63) is 36.5 Å². The van der Waals surface area contributed by atoms with Crippen molar-refractivity contribution in [1.29, 1.82) is 0 Å². The Morgan fingerprint density at radius 1 is 0.800 bits per heavy atom. The number of allylic oxidation sites excluding steroid dienone is 6. The molecule has 0 aromatic heterocycles. The summed E-state index contributed by atoms with van der Waals surface area (Å²) in [7, 11) is 0. The number of carboxylic acid groups (broad SMARTS) is 1. The first-order valence-corrected chi connectivity index (χ1v) is 7.92. The van der Waals surface area contributed by atoms with Crippen LogP contribution in [0, 0.1) is 0 Å². The van der Waals surface area contributed by atoms with Crippen LogP contribution in [0.3, 0.4) is 0 Å². The van der Waals surface area contributed by atoms with E-state index in [1.807, 2.05) is 0 Å². The number of rotatable bonds is 13. The van der Waals surface area contributed by atoms with Crippen LogP contribution in [0.2, 0.25) is 0 Å². The third-order valence-electron chi connectivity index (χ3n) is 3.03. The topological polar surface area (TPSA) is 40.1 Å². The highest BCUT2D eigenvalue weighted by Crippen LogP contribution is 2.07. The second-order valence-electron chi connectivity index (χ2n) is 4.97. The summed E-state index contributed by atoms with van der Waals surface area (Å²) >= 11 is 0. The summed E-state index contributed by atoms with van der Waals surface area (Å²) in [6.45, 7) is 2.15. The zero-order chi connectivity index (χ0) is 14.9. The fourth-order valence-electron chi connectivity index (χ4n) is 1.89. The molecule has 0 aliphatic carbocycles. The van der Waals surface area contributed by atoms with Gasteiger partial charge in [0.15, 0.2) is 0 Å². The molecule has 0 atom stereocenters. The Kier molecular flexibility index (Phi) is 14.7. The van der Waals surface area contributed by atoms with Gasteiger partial charge in [0.25, 0.3) is 0 Å². The quantitative estimate of drug-likeness (QED) is 0.371. The van der Waals surface area contributed by atoms with E-state index in [-0.39, 0.29) is 6.42 Å². The molecule has 2 heteroatoms. The Balaban J connectivity index is 3.23. The van der Waals surface area contributed by atoms with Gasteiger partial charge in [-0.25, -0.2) is 0 Å². The van der Waals surface area contributed by atoms with Crippen molar-refractivity contribution >= 4 is 5.97 Å². The van der Waals surface area contributed by atoms with Gasteiger partial charge in [0.1, 0.15) is 0 Å². The number of carbonyl (C=O) groups is 1. The summed E-state index contributed by atoms with van der Waals surface area (Å²) in [5.74, 6) is -0.925. The second-order valence-corrected chi connectivity index (χ2v) is 4.97. The average Bonchev–Trinajstić information content (AvgIpc) is 2.43. The van der Waals surface area contributed by atoms with Crippen molar-refractivity contribution in [3.63, 3.8) is 0 Å². The van der Waals surface area contributed by atoms with E-state index in [1.54, 1.807) is 0 Å². The minimum Gasteiger partial charge on any atom is -0.550 e. The zero-order valence-corrected chi connectivity index (χ0v) is 12.9. The van der Waals surface area contributed by atoms with E-state index >= 15 is 0 Å². The maximum absolute atomic E-state index is 10.2. The first-order valence-electron chi connectivity index (χ1n) is 7.92. The van der Waals surface area contributed by atoms with Crippen molar-refractivity contribution in [2.45, 2.75) is 71.1 Å². The lowest BCUT2D eigenvalue weighted by atomic mass is 10.1. The van der Waals surface area contributed by atoms with Gasteiger partial charge in [-0.05, 0) is 44.9 Å². The molecule has 0 aromatic rings. The van der Waals surface area contributed by atoms with Crippen LogP contribution in [-0.4, -0.2) is 5.97 Å². The van der Waals surface area contributed by atoms with Crippen LogP contribution in [0.15, 0.2) is 36.5 Å². The molecule has 0 rings (SSSR count). The normalized spacial score (nSPS) is 12.1. The van der Waals surface area contributed by atoms with Gasteiger partial charge in [0.05, 0.1) is 0 Å². The Morgan fingerprint density at radius 3 is 2.00 bits per heavy atom. The Labute approximate surface area is 124 Å². The maximum atomic E-state index is 10.2. The van der Waals surface area contributed by atoms with Crippen molar-refractivity contribution in [3.8, 4) is 0 Å². The largest absolute Gasteiger partial charge is 0.550 e. The SMILES string of the molecule is CC/C=C/C/C=C\C/C=C\CCCCCCCC(=O)[O-]. The first kappa shape index (κ1) is 18.7. The molecule has 0 radical (unpaired) electrons. The maximum Gasteiger partial charge on any atom is 0.0414 e. The highest BCUT2D eigenvalue weighted by Gasteiger charge is 1.90. The molecule has 0 bridgehead atoms. The number of hydrogen-bond donors (Lipinski definition) is 0. The summed E-state index contributed by atoms with van der Waals surface area (Å²) < 4.78 is 0. The lowest BCUT2D eigenvalue weighted by Crippen LogP contribution is -2.21. The summed E-state index contributed by atoms with van der Waals surface area (Å²) in [4.78, 5) is 10.2. The van der Waals surface area contributed by atoms with Crippen LogP contribution in [0.1, 0.15) is 71.1 Å². The van der Waals surface area contributed by atoms with Gasteiger partial charge in [0.2, 0.25) is 0 Å². The molecule has 2 nitrogen and oxygen atoms in total. The molecule has 0 aromatic carbocycles. The summed E-state index contributed by atoms with van der Waals surface area (Å²) in [5.41, 5.74) is 0. The van der Waals surface area contributed by atoms with Crippen LogP contribution in [0.5, 0.6) is 0 Å². The smallest absolute Gasteiger partial charge is 0.0414 e. The molecule has 0 saturated heterocycles. The van der Waals surface area contributed by atoms with Gasteiger partial charge in [-0.2, -0.15) is 0 Å². The minimum absolute atomic E-state index is 0.208. The van der Waals surface area contributed by atoms with E-state index in [9.17, 15) is 9.90 Å². The lowest BCUT2D eigenvalue weighted by molar-refractivity contribution is -0.305. The highest BCUT2D eigenvalue weighted by molar-refractivity contribution is 5.63. The number of aliphatic carboxylic acids is 1. The number of carbonyl (C=O) groups excluding carboxylic acids is 1. The number of carboxylic acids is 1. The summed E-state index contributed by atoms with van der Waals surface area (Å²) in [6, 6.07) is 0. The van der Waals surface area contributed by atoms with E-state index in [0.717, 1.165) is 44.9 Å². The lowest BCUT2D eigenvalue weighted by Gasteiger charge is -2.01. The van der Waals surface area contributed by atoms with E-state index in [0.29, 0.717) is 0 Å². The van der Waals surface area contributed by atoms with Crippen molar-refractivity contribution in [2.75, 3.05) is 0 Å².